The van der Waals surface area contributed by atoms with Gasteiger partial charge in [-0.3, -0.25) is 4.79 Å². The molecule has 0 spiro atoms. The van der Waals surface area contributed by atoms with Gasteiger partial charge in [-0.25, -0.2) is 0 Å². The van der Waals surface area contributed by atoms with E-state index in [1.807, 2.05) is 5.57 Å². The van der Waals surface area contributed by atoms with E-state index in [4.69, 9.17) is 4.74 Å². The molecule has 5 aliphatic rings. The predicted octanol–water partition coefficient (Wildman–Crippen LogP) is 11.7. The van der Waals surface area contributed by atoms with Crippen molar-refractivity contribution in [1.82, 2.24) is 0 Å². The van der Waals surface area contributed by atoms with Gasteiger partial charge in [-0.15, -0.1) is 0 Å². The molecule has 5 rings (SSSR count). The Kier molecular flexibility index (Phi) is 9.20. The summed E-state index contributed by atoms with van der Waals surface area (Å²) in [7, 11) is 0. The van der Waals surface area contributed by atoms with Gasteiger partial charge in [0.15, 0.2) is 0 Å². The highest BCUT2D eigenvalue weighted by atomic mass is 16.5. The Morgan fingerprint density at radius 1 is 0.810 bits per heavy atom. The molecule has 0 heterocycles. The van der Waals surface area contributed by atoms with Crippen molar-refractivity contribution in [3.05, 3.63) is 11.6 Å². The van der Waals surface area contributed by atoms with Crippen LogP contribution in [0, 0.1) is 56.7 Å². The molecule has 0 aromatic rings. The Hall–Kier alpha value is -0.790. The lowest BCUT2D eigenvalue weighted by atomic mass is 9.33. The topological polar surface area (TPSA) is 26.3 Å². The highest BCUT2D eigenvalue weighted by Crippen LogP contribution is 2.75. The molecule has 0 aliphatic heterocycles. The third kappa shape index (κ3) is 5.17. The van der Waals surface area contributed by atoms with Crippen molar-refractivity contribution in [3.63, 3.8) is 0 Å². The van der Waals surface area contributed by atoms with Crippen LogP contribution in [-0.2, 0) is 9.53 Å². The largest absolute Gasteiger partial charge is 0.462 e. The Balaban J connectivity index is 1.30. The van der Waals surface area contributed by atoms with Gasteiger partial charge < -0.3 is 4.74 Å². The monoisotopic (exact) mass is 581 g/mol. The summed E-state index contributed by atoms with van der Waals surface area (Å²) in [5.74, 6) is 3.81. The zero-order chi connectivity index (χ0) is 30.6. The molecule has 2 heteroatoms. The number of rotatable bonds is 9. The molecular formula is C40H68O2. The van der Waals surface area contributed by atoms with Gasteiger partial charge >= 0.3 is 5.97 Å². The third-order valence-electron chi connectivity index (χ3n) is 15.6. The fourth-order valence-corrected chi connectivity index (χ4v) is 12.5. The first kappa shape index (κ1) is 32.6. The van der Waals surface area contributed by atoms with E-state index >= 15 is 0 Å². The van der Waals surface area contributed by atoms with Crippen LogP contribution in [0.3, 0.4) is 0 Å². The number of hydrogen-bond donors (Lipinski definition) is 0. The van der Waals surface area contributed by atoms with Crippen LogP contribution < -0.4 is 0 Å². The molecule has 0 aromatic heterocycles. The summed E-state index contributed by atoms with van der Waals surface area (Å²) in [6.45, 7) is 23.0. The first-order valence-electron chi connectivity index (χ1n) is 18.6. The summed E-state index contributed by atoms with van der Waals surface area (Å²) in [5, 5.41) is 0. The Morgan fingerprint density at radius 3 is 2.21 bits per heavy atom. The van der Waals surface area contributed by atoms with Gasteiger partial charge in [0.25, 0.3) is 0 Å². The van der Waals surface area contributed by atoms with Crippen LogP contribution in [0.1, 0.15) is 171 Å². The summed E-state index contributed by atoms with van der Waals surface area (Å²) in [6.07, 6.45) is 24.0. The van der Waals surface area contributed by atoms with Crippen LogP contribution in [0.4, 0.5) is 0 Å². The van der Waals surface area contributed by atoms with E-state index in [-0.39, 0.29) is 17.5 Å². The lowest BCUT2D eigenvalue weighted by molar-refractivity contribution is -0.213. The molecule has 0 unspecified atom stereocenters. The third-order valence-corrected chi connectivity index (χ3v) is 15.6. The van der Waals surface area contributed by atoms with Crippen molar-refractivity contribution >= 4 is 5.97 Å². The zero-order valence-corrected chi connectivity index (χ0v) is 29.4. The maximum absolute atomic E-state index is 13.0. The van der Waals surface area contributed by atoms with Crippen LogP contribution in [-0.4, -0.2) is 12.1 Å². The van der Waals surface area contributed by atoms with E-state index < -0.39 is 0 Å². The number of esters is 1. The van der Waals surface area contributed by atoms with Crippen molar-refractivity contribution < 1.29 is 9.53 Å². The second-order valence-electron chi connectivity index (χ2n) is 18.0. The molecule has 0 saturated heterocycles. The maximum atomic E-state index is 13.0. The fraction of sp³-hybridized carbons (Fsp3) is 0.925. The highest BCUT2D eigenvalue weighted by molar-refractivity contribution is 5.69. The quantitative estimate of drug-likeness (QED) is 0.154. The van der Waals surface area contributed by atoms with Gasteiger partial charge in [0.1, 0.15) is 6.10 Å². The molecule has 42 heavy (non-hydrogen) atoms. The van der Waals surface area contributed by atoms with Crippen molar-refractivity contribution in [2.45, 2.75) is 178 Å². The normalized spacial score (nSPS) is 46.0. The van der Waals surface area contributed by atoms with Crippen molar-refractivity contribution in [1.29, 1.82) is 0 Å². The molecule has 240 valence electrons. The lowest BCUT2D eigenvalue weighted by Gasteiger charge is -2.71. The van der Waals surface area contributed by atoms with E-state index in [0.717, 1.165) is 36.5 Å². The minimum Gasteiger partial charge on any atom is -0.462 e. The van der Waals surface area contributed by atoms with Gasteiger partial charge in [0.2, 0.25) is 0 Å². The van der Waals surface area contributed by atoms with E-state index in [9.17, 15) is 4.79 Å². The van der Waals surface area contributed by atoms with E-state index in [1.54, 1.807) is 0 Å². The fourth-order valence-electron chi connectivity index (χ4n) is 12.5. The number of hydrogen-bond acceptors (Lipinski definition) is 2. The van der Waals surface area contributed by atoms with Gasteiger partial charge in [-0.1, -0.05) is 112 Å². The van der Waals surface area contributed by atoms with Crippen LogP contribution >= 0.6 is 0 Å². The average Bonchev–Trinajstić information content (AvgIpc) is 2.93. The van der Waals surface area contributed by atoms with Crippen LogP contribution in [0.15, 0.2) is 11.6 Å². The first-order valence-corrected chi connectivity index (χ1v) is 18.6. The highest BCUT2D eigenvalue weighted by Gasteiger charge is 2.68. The number of fused-ring (bicyclic) bond motifs is 7. The number of unbranched alkanes of at least 4 members (excludes halogenated alkanes) is 6. The lowest BCUT2D eigenvalue weighted by Crippen LogP contribution is -2.65. The SMILES string of the molecule is CCCCCCCCCC(=O)O[C@H]1CC[C@]2(C)[C@H]3CC=C4[C@@H]5[C@@H](C)[C@H](C)CC[C@]5(C)CC[C@@]4(C)[C@]3(C)CC[C@H]2C1(C)C. The standard InChI is InChI=1S/C40H68O2/c1-10-11-12-13-14-15-16-17-34(41)42-33-22-24-38(7)31(36(33,4)5)21-25-40(9)32(38)19-18-30-35-29(3)28(2)20-23-37(35,6)26-27-39(30,40)8/h18,28-29,31-33,35H,10-17,19-27H2,1-9H3/t28-,29+,31+,32-,33+,35+,37-,38+,39-,40-/m1/s1. The molecule has 2 nitrogen and oxygen atoms in total. The molecule has 0 bridgehead atoms. The maximum Gasteiger partial charge on any atom is 0.306 e. The average molecular weight is 581 g/mol. The van der Waals surface area contributed by atoms with Gasteiger partial charge in [0, 0.05) is 11.8 Å². The Morgan fingerprint density at radius 2 is 1.50 bits per heavy atom. The van der Waals surface area contributed by atoms with Gasteiger partial charge in [-0.05, 0) is 115 Å². The molecule has 5 aliphatic carbocycles. The second-order valence-corrected chi connectivity index (χ2v) is 18.0. The minimum absolute atomic E-state index is 0.0352. The van der Waals surface area contributed by atoms with Gasteiger partial charge in [0.05, 0.1) is 0 Å². The summed E-state index contributed by atoms with van der Waals surface area (Å²) < 4.78 is 6.35. The number of carbonyl (C=O) groups is 1. The molecule has 4 saturated carbocycles. The summed E-state index contributed by atoms with van der Waals surface area (Å²) in [4.78, 5) is 13.0. The number of carbonyl (C=O) groups excluding carboxylic acids is 1. The molecule has 0 radical (unpaired) electrons. The Labute approximate surface area is 261 Å². The van der Waals surface area contributed by atoms with Crippen LogP contribution in [0.2, 0.25) is 0 Å². The molecule has 0 aromatic carbocycles. The predicted molar refractivity (Wildman–Crippen MR) is 177 cm³/mol. The molecule has 0 amide bonds. The summed E-state index contributed by atoms with van der Waals surface area (Å²) in [6, 6.07) is 0. The van der Waals surface area contributed by atoms with Crippen molar-refractivity contribution in [3.8, 4) is 0 Å². The minimum atomic E-state index is 0.0352. The van der Waals surface area contributed by atoms with Crippen LogP contribution in [0.5, 0.6) is 0 Å². The second kappa shape index (κ2) is 11.9. The smallest absolute Gasteiger partial charge is 0.306 e. The molecule has 0 N–H and O–H groups in total. The Bertz CT molecular complexity index is 1010. The van der Waals surface area contributed by atoms with E-state index in [1.165, 1.54) is 89.9 Å². The van der Waals surface area contributed by atoms with E-state index in [0.29, 0.717) is 34.0 Å². The van der Waals surface area contributed by atoms with Crippen LogP contribution in [0.25, 0.3) is 0 Å². The van der Waals surface area contributed by atoms with Crippen molar-refractivity contribution in [2.75, 3.05) is 0 Å². The summed E-state index contributed by atoms with van der Waals surface area (Å²) in [5.41, 5.74) is 3.41. The summed E-state index contributed by atoms with van der Waals surface area (Å²) >= 11 is 0. The number of ether oxygens (including phenoxy) is 1. The molecule has 10 atom stereocenters. The van der Waals surface area contributed by atoms with E-state index in [2.05, 4.69) is 68.4 Å². The molecular weight excluding hydrogens is 512 g/mol. The first-order chi connectivity index (χ1) is 19.7. The van der Waals surface area contributed by atoms with Crippen molar-refractivity contribution in [2.24, 2.45) is 56.7 Å². The molecule has 4 fully saturated rings. The van der Waals surface area contributed by atoms with Gasteiger partial charge in [-0.2, -0.15) is 0 Å². The zero-order valence-electron chi connectivity index (χ0n) is 29.4. The number of allylic oxidation sites excluding steroid dienone is 2.